The van der Waals surface area contributed by atoms with Gasteiger partial charge in [-0.15, -0.1) is 0 Å². The van der Waals surface area contributed by atoms with Crippen molar-refractivity contribution in [2.45, 2.75) is 6.54 Å². The van der Waals surface area contributed by atoms with Crippen molar-refractivity contribution in [2.24, 2.45) is 0 Å². The Morgan fingerprint density at radius 1 is 1.21 bits per heavy atom. The number of hydrogen-bond acceptors (Lipinski definition) is 5. The lowest BCUT2D eigenvalue weighted by Crippen LogP contribution is -2.16. The number of nitrogens with zero attached hydrogens (tertiary/aromatic N) is 2. The van der Waals surface area contributed by atoms with Crippen LogP contribution >= 0.6 is 11.6 Å². The van der Waals surface area contributed by atoms with Gasteiger partial charge in [0.05, 0.1) is 24.2 Å². The third-order valence-electron chi connectivity index (χ3n) is 3.52. The van der Waals surface area contributed by atoms with E-state index in [9.17, 15) is 9.59 Å². The second kappa shape index (κ2) is 6.72. The minimum absolute atomic E-state index is 0.240. The number of carbonyl (C=O) groups excluding carboxylic acids is 1. The summed E-state index contributed by atoms with van der Waals surface area (Å²) in [6.45, 7) is 0.240. The van der Waals surface area contributed by atoms with Gasteiger partial charge in [-0.05, 0) is 29.8 Å². The molecule has 0 fully saturated rings. The zero-order valence-electron chi connectivity index (χ0n) is 12.7. The molecule has 0 radical (unpaired) electrons. The summed E-state index contributed by atoms with van der Waals surface area (Å²) in [5, 5.41) is 4.29. The highest BCUT2D eigenvalue weighted by molar-refractivity contribution is 6.33. The highest BCUT2D eigenvalue weighted by atomic mass is 35.5. The molecule has 0 unspecified atom stereocenters. The van der Waals surface area contributed by atoms with Crippen molar-refractivity contribution < 1.29 is 14.1 Å². The highest BCUT2D eigenvalue weighted by Gasteiger charge is 2.15. The number of ether oxygens (including phenoxy) is 1. The van der Waals surface area contributed by atoms with Crippen molar-refractivity contribution in [3.05, 3.63) is 75.2 Å². The van der Waals surface area contributed by atoms with Crippen LogP contribution in [0.4, 0.5) is 0 Å². The van der Waals surface area contributed by atoms with Gasteiger partial charge in [0, 0.05) is 5.56 Å². The quantitative estimate of drug-likeness (QED) is 0.680. The maximum Gasteiger partial charge on any atom is 0.442 e. The Hall–Kier alpha value is -2.86. The molecule has 1 heterocycles. The van der Waals surface area contributed by atoms with Crippen molar-refractivity contribution in [1.29, 1.82) is 0 Å². The summed E-state index contributed by atoms with van der Waals surface area (Å²) in [5.41, 5.74) is 1.85. The topological polar surface area (TPSA) is 74.3 Å². The fourth-order valence-corrected chi connectivity index (χ4v) is 2.51. The van der Waals surface area contributed by atoms with Crippen LogP contribution in [0.1, 0.15) is 15.9 Å². The van der Waals surface area contributed by atoms with Gasteiger partial charge in [0.15, 0.2) is 5.82 Å². The molecule has 0 saturated heterocycles. The minimum atomic E-state index is -0.582. The SMILES string of the molecule is COC(=O)c1ccc(Cn2c(-c3ccccc3Cl)noc2=O)cc1. The molecule has 0 atom stereocenters. The van der Waals surface area contributed by atoms with Gasteiger partial charge < -0.3 is 4.74 Å². The van der Waals surface area contributed by atoms with Gasteiger partial charge in [-0.3, -0.25) is 9.09 Å². The Morgan fingerprint density at radius 2 is 1.92 bits per heavy atom. The Labute approximate surface area is 142 Å². The number of esters is 1. The van der Waals surface area contributed by atoms with E-state index >= 15 is 0 Å². The molecule has 0 saturated carbocycles. The van der Waals surface area contributed by atoms with E-state index in [4.69, 9.17) is 16.1 Å². The zero-order chi connectivity index (χ0) is 17.1. The average molecular weight is 345 g/mol. The molecule has 0 bridgehead atoms. The molecular formula is C17H13ClN2O4. The van der Waals surface area contributed by atoms with Gasteiger partial charge in [-0.2, -0.15) is 0 Å². The first-order valence-corrected chi connectivity index (χ1v) is 7.46. The Kier molecular flexibility index (Phi) is 4.48. The third kappa shape index (κ3) is 3.09. The molecule has 7 heteroatoms. The summed E-state index contributed by atoms with van der Waals surface area (Å²) in [4.78, 5) is 23.4. The van der Waals surface area contributed by atoms with Crippen molar-refractivity contribution in [2.75, 3.05) is 7.11 Å². The maximum absolute atomic E-state index is 12.0. The molecule has 0 amide bonds. The monoisotopic (exact) mass is 344 g/mol. The van der Waals surface area contributed by atoms with Gasteiger partial charge in [0.25, 0.3) is 0 Å². The molecule has 0 aliphatic rings. The van der Waals surface area contributed by atoms with Gasteiger partial charge >= 0.3 is 11.7 Å². The number of benzene rings is 2. The Balaban J connectivity index is 1.94. The van der Waals surface area contributed by atoms with Crippen LogP contribution in [0.3, 0.4) is 0 Å². The summed E-state index contributed by atoms with van der Waals surface area (Å²) in [6, 6.07) is 13.8. The molecule has 3 aromatic rings. The smallest absolute Gasteiger partial charge is 0.442 e. The molecule has 3 rings (SSSR count). The molecule has 24 heavy (non-hydrogen) atoms. The lowest BCUT2D eigenvalue weighted by Gasteiger charge is -2.07. The van der Waals surface area contributed by atoms with Crippen LogP contribution in [0.15, 0.2) is 57.8 Å². The number of halogens is 1. The lowest BCUT2D eigenvalue weighted by atomic mass is 10.1. The van der Waals surface area contributed by atoms with Crippen LogP contribution in [0, 0.1) is 0 Å². The van der Waals surface area contributed by atoms with Gasteiger partial charge in [0.1, 0.15) is 0 Å². The molecule has 1 aromatic heterocycles. The minimum Gasteiger partial charge on any atom is -0.465 e. The molecule has 0 N–H and O–H groups in total. The van der Waals surface area contributed by atoms with E-state index < -0.39 is 11.7 Å². The van der Waals surface area contributed by atoms with E-state index in [0.717, 1.165) is 5.56 Å². The standard InChI is InChI=1S/C17H13ClN2O4/c1-23-16(21)12-8-6-11(7-9-12)10-20-15(19-24-17(20)22)13-4-2-3-5-14(13)18/h2-9H,10H2,1H3. The van der Waals surface area contributed by atoms with Crippen LogP contribution in [0.2, 0.25) is 5.02 Å². The Bertz CT molecular complexity index is 928. The predicted octanol–water partition coefficient (Wildman–Crippen LogP) is 2.99. The van der Waals surface area contributed by atoms with Crippen molar-refractivity contribution >= 4 is 17.6 Å². The van der Waals surface area contributed by atoms with Crippen LogP contribution in [-0.4, -0.2) is 22.8 Å². The number of rotatable bonds is 4. The fraction of sp³-hybridized carbons (Fsp3) is 0.118. The van der Waals surface area contributed by atoms with Crippen molar-refractivity contribution in [3.8, 4) is 11.4 Å². The van der Waals surface area contributed by atoms with Crippen LogP contribution in [0.5, 0.6) is 0 Å². The first-order chi connectivity index (χ1) is 11.6. The van der Waals surface area contributed by atoms with E-state index in [-0.39, 0.29) is 6.54 Å². The van der Waals surface area contributed by atoms with Gasteiger partial charge in [-0.1, -0.05) is 41.0 Å². The van der Waals surface area contributed by atoms with E-state index in [2.05, 4.69) is 9.89 Å². The third-order valence-corrected chi connectivity index (χ3v) is 3.85. The normalized spacial score (nSPS) is 10.6. The van der Waals surface area contributed by atoms with E-state index in [1.54, 1.807) is 48.5 Å². The predicted molar refractivity (Wildman–Crippen MR) is 88.1 cm³/mol. The van der Waals surface area contributed by atoms with Crippen LogP contribution in [-0.2, 0) is 11.3 Å². The first-order valence-electron chi connectivity index (χ1n) is 7.09. The summed E-state index contributed by atoms with van der Waals surface area (Å²) in [6.07, 6.45) is 0. The van der Waals surface area contributed by atoms with Crippen LogP contribution < -0.4 is 5.76 Å². The summed E-state index contributed by atoms with van der Waals surface area (Å²) in [7, 11) is 1.32. The van der Waals surface area contributed by atoms with Gasteiger partial charge in [0.2, 0.25) is 0 Å². The number of aromatic nitrogens is 2. The van der Waals surface area contributed by atoms with E-state index in [1.807, 2.05) is 0 Å². The average Bonchev–Trinajstić information content (AvgIpc) is 2.96. The zero-order valence-corrected chi connectivity index (χ0v) is 13.5. The molecule has 0 spiro atoms. The van der Waals surface area contributed by atoms with Crippen molar-refractivity contribution in [3.63, 3.8) is 0 Å². The van der Waals surface area contributed by atoms with Crippen LogP contribution in [0.25, 0.3) is 11.4 Å². The van der Waals surface area contributed by atoms with Gasteiger partial charge in [-0.25, -0.2) is 9.59 Å². The largest absolute Gasteiger partial charge is 0.465 e. The fourth-order valence-electron chi connectivity index (χ4n) is 2.29. The molecule has 0 aliphatic heterocycles. The first kappa shape index (κ1) is 16.0. The summed E-state index contributed by atoms with van der Waals surface area (Å²) >= 11 is 6.17. The number of carbonyl (C=O) groups is 1. The second-order valence-corrected chi connectivity index (χ2v) is 5.43. The number of hydrogen-bond donors (Lipinski definition) is 0. The molecule has 2 aromatic carbocycles. The summed E-state index contributed by atoms with van der Waals surface area (Å²) < 4.78 is 10.8. The molecule has 0 aliphatic carbocycles. The molecule has 122 valence electrons. The maximum atomic E-state index is 12.0. The van der Waals surface area contributed by atoms with Crippen molar-refractivity contribution in [1.82, 2.24) is 9.72 Å². The molecule has 6 nitrogen and oxygen atoms in total. The lowest BCUT2D eigenvalue weighted by molar-refractivity contribution is 0.0600. The molecular weight excluding hydrogens is 332 g/mol. The summed E-state index contributed by atoms with van der Waals surface area (Å²) in [5.74, 6) is -0.648. The highest BCUT2D eigenvalue weighted by Crippen LogP contribution is 2.25. The Morgan fingerprint density at radius 3 is 2.58 bits per heavy atom. The van der Waals surface area contributed by atoms with E-state index in [1.165, 1.54) is 11.7 Å². The second-order valence-electron chi connectivity index (χ2n) is 5.03. The number of methoxy groups -OCH3 is 1. The van der Waals surface area contributed by atoms with E-state index in [0.29, 0.717) is 22.0 Å².